The molecule has 35 heavy (non-hydrogen) atoms. The Kier molecular flexibility index (Phi) is 4.92. The van der Waals surface area contributed by atoms with Crippen LogP contribution in [0.15, 0.2) is 54.1 Å². The van der Waals surface area contributed by atoms with Gasteiger partial charge in [0.25, 0.3) is 0 Å². The molecule has 1 aliphatic heterocycles. The Balaban J connectivity index is 1.44. The molecule has 0 radical (unpaired) electrons. The third kappa shape index (κ3) is 2.67. The number of benzene rings is 1. The highest BCUT2D eigenvalue weighted by Crippen LogP contribution is 2.72. The highest BCUT2D eigenvalue weighted by Gasteiger charge is 2.79. The van der Waals surface area contributed by atoms with Crippen LogP contribution in [0.5, 0.6) is 0 Å². The molecule has 5 aliphatic rings. The van der Waals surface area contributed by atoms with Gasteiger partial charge in [0.05, 0.1) is 12.2 Å². The Labute approximate surface area is 203 Å². The first-order chi connectivity index (χ1) is 16.6. The van der Waals surface area contributed by atoms with Crippen molar-refractivity contribution in [2.75, 3.05) is 6.61 Å². The Morgan fingerprint density at radius 3 is 2.66 bits per heavy atom. The minimum Gasteiger partial charge on any atom is -0.390 e. The van der Waals surface area contributed by atoms with Gasteiger partial charge in [-0.2, -0.15) is 0 Å². The van der Waals surface area contributed by atoms with Gasteiger partial charge in [-0.25, -0.2) is 4.39 Å². The summed E-state index contributed by atoms with van der Waals surface area (Å²) >= 11 is 0. The van der Waals surface area contributed by atoms with Gasteiger partial charge in [0.2, 0.25) is 0 Å². The van der Waals surface area contributed by atoms with Gasteiger partial charge in [-0.3, -0.25) is 9.59 Å². The molecule has 7 heteroatoms. The first kappa shape index (κ1) is 23.2. The average Bonchev–Trinajstić information content (AvgIpc) is 3.34. The highest BCUT2D eigenvalue weighted by molar-refractivity contribution is 6.01. The van der Waals surface area contributed by atoms with Crippen molar-refractivity contribution >= 4 is 11.6 Å². The van der Waals surface area contributed by atoms with Gasteiger partial charge >= 0.3 is 0 Å². The van der Waals surface area contributed by atoms with Gasteiger partial charge in [0.1, 0.15) is 6.61 Å². The van der Waals surface area contributed by atoms with Crippen LogP contribution in [0.1, 0.15) is 51.4 Å². The van der Waals surface area contributed by atoms with E-state index in [-0.39, 0.29) is 18.1 Å². The van der Waals surface area contributed by atoms with Crippen LogP contribution in [0.2, 0.25) is 0 Å². The maximum Gasteiger partial charge on any atom is 0.193 e. The number of carbonyl (C=O) groups is 2. The van der Waals surface area contributed by atoms with Crippen molar-refractivity contribution < 1.29 is 33.7 Å². The maximum absolute atomic E-state index is 17.3. The Bertz CT molecular complexity index is 1150. The summed E-state index contributed by atoms with van der Waals surface area (Å²) in [6.45, 7) is 2.93. The number of alkyl halides is 1. The fourth-order valence-corrected chi connectivity index (χ4v) is 8.33. The molecule has 0 aromatic heterocycles. The van der Waals surface area contributed by atoms with E-state index in [1.165, 1.54) is 12.2 Å². The van der Waals surface area contributed by atoms with Crippen molar-refractivity contribution in [2.45, 2.75) is 69.3 Å². The molecule has 1 aromatic rings. The van der Waals surface area contributed by atoms with E-state index in [1.807, 2.05) is 37.3 Å². The molecule has 2 N–H and O–H groups in total. The molecule has 4 aliphatic carbocycles. The molecular weight excluding hydrogens is 451 g/mol. The molecular formula is C28H31FO6. The number of hydrogen-bond donors (Lipinski definition) is 2. The molecule has 0 amide bonds. The monoisotopic (exact) mass is 482 g/mol. The summed E-state index contributed by atoms with van der Waals surface area (Å²) in [6.07, 6.45) is 3.07. The van der Waals surface area contributed by atoms with E-state index in [0.29, 0.717) is 24.8 Å². The zero-order valence-electron chi connectivity index (χ0n) is 19.9. The van der Waals surface area contributed by atoms with Crippen LogP contribution < -0.4 is 0 Å². The van der Waals surface area contributed by atoms with Crippen LogP contribution >= 0.6 is 0 Å². The lowest BCUT2D eigenvalue weighted by atomic mass is 9.44. The summed E-state index contributed by atoms with van der Waals surface area (Å²) in [5.74, 6) is -1.52. The first-order valence-corrected chi connectivity index (χ1v) is 12.5. The van der Waals surface area contributed by atoms with Gasteiger partial charge in [-0.1, -0.05) is 48.9 Å². The van der Waals surface area contributed by atoms with E-state index < -0.39 is 58.9 Å². The van der Waals surface area contributed by atoms with Gasteiger partial charge in [-0.15, -0.1) is 0 Å². The normalized spacial score (nSPS) is 48.0. The molecule has 0 spiro atoms. The number of aliphatic hydroxyl groups is 2. The predicted molar refractivity (Wildman–Crippen MR) is 124 cm³/mol. The van der Waals surface area contributed by atoms with Gasteiger partial charge in [0, 0.05) is 22.3 Å². The quantitative estimate of drug-likeness (QED) is 0.686. The summed E-state index contributed by atoms with van der Waals surface area (Å²) in [6, 6.07) is 9.32. The highest BCUT2D eigenvalue weighted by atomic mass is 19.1. The van der Waals surface area contributed by atoms with Crippen LogP contribution in [-0.4, -0.2) is 51.9 Å². The minimum atomic E-state index is -2.00. The van der Waals surface area contributed by atoms with E-state index in [0.717, 1.165) is 5.56 Å². The molecule has 9 atom stereocenters. The van der Waals surface area contributed by atoms with Crippen LogP contribution in [-0.2, 0) is 19.1 Å². The van der Waals surface area contributed by atoms with E-state index in [9.17, 15) is 19.8 Å². The van der Waals surface area contributed by atoms with Crippen molar-refractivity contribution in [3.05, 3.63) is 59.7 Å². The van der Waals surface area contributed by atoms with Crippen molar-refractivity contribution in [1.29, 1.82) is 0 Å². The minimum absolute atomic E-state index is 0.0115. The van der Waals surface area contributed by atoms with Crippen molar-refractivity contribution in [2.24, 2.45) is 22.7 Å². The second-order valence-electron chi connectivity index (χ2n) is 11.3. The Morgan fingerprint density at radius 1 is 1.20 bits per heavy atom. The van der Waals surface area contributed by atoms with E-state index in [4.69, 9.17) is 9.47 Å². The number of hydrogen-bond acceptors (Lipinski definition) is 6. The molecule has 6 nitrogen and oxygen atoms in total. The third-order valence-corrected chi connectivity index (χ3v) is 10.0. The molecule has 1 heterocycles. The van der Waals surface area contributed by atoms with Gasteiger partial charge in [-0.05, 0) is 50.7 Å². The molecule has 3 saturated carbocycles. The van der Waals surface area contributed by atoms with Crippen LogP contribution in [0.4, 0.5) is 4.39 Å². The van der Waals surface area contributed by atoms with Crippen molar-refractivity contribution in [3.63, 3.8) is 0 Å². The molecule has 4 unspecified atom stereocenters. The summed E-state index contributed by atoms with van der Waals surface area (Å²) in [7, 11) is 0. The van der Waals surface area contributed by atoms with Crippen LogP contribution in [0.25, 0.3) is 0 Å². The molecule has 0 bridgehead atoms. The number of fused-ring (bicyclic) bond motifs is 7. The second kappa shape index (κ2) is 7.42. The number of rotatable bonds is 3. The number of Topliss-reactive ketones (excluding diaryl/α,β-unsaturated/α-hetero) is 1. The van der Waals surface area contributed by atoms with E-state index in [2.05, 4.69) is 0 Å². The van der Waals surface area contributed by atoms with Crippen LogP contribution in [0, 0.1) is 22.7 Å². The first-order valence-electron chi connectivity index (χ1n) is 12.5. The number of ketones is 2. The van der Waals surface area contributed by atoms with E-state index >= 15 is 4.39 Å². The zero-order valence-corrected chi connectivity index (χ0v) is 19.9. The number of aliphatic hydroxyl groups excluding tert-OH is 2. The summed E-state index contributed by atoms with van der Waals surface area (Å²) < 4.78 is 30.1. The topological polar surface area (TPSA) is 93.1 Å². The predicted octanol–water partition coefficient (Wildman–Crippen LogP) is 3.38. The molecule has 4 fully saturated rings. The average molecular weight is 483 g/mol. The standard InChI is InChI=1S/C28H31FO6/c1-25-11-10-18(31)12-17(25)8-9-19-20-13-23-28(22(33)15-30,26(20,2)14-21(32)27(19,25)29)35-24(34-23)16-6-4-3-5-7-16/h3-7,10-12,19-21,23-24,30,32H,8-9,13-15H2,1-2H3/t19?,20-,21?,23+,24+,25?,26?,27-,28+/m0/s1. The fraction of sp³-hybridized carbons (Fsp3) is 0.571. The lowest BCUT2D eigenvalue weighted by molar-refractivity contribution is -0.231. The van der Waals surface area contributed by atoms with Crippen molar-refractivity contribution in [3.8, 4) is 0 Å². The summed E-state index contributed by atoms with van der Waals surface area (Å²) in [5, 5.41) is 21.5. The maximum atomic E-state index is 17.3. The Morgan fingerprint density at radius 2 is 1.94 bits per heavy atom. The molecule has 186 valence electrons. The van der Waals surface area contributed by atoms with Gasteiger partial charge < -0.3 is 19.7 Å². The van der Waals surface area contributed by atoms with Gasteiger partial charge in [0.15, 0.2) is 29.1 Å². The van der Waals surface area contributed by atoms with Crippen molar-refractivity contribution in [1.82, 2.24) is 0 Å². The zero-order chi connectivity index (χ0) is 24.8. The number of allylic oxidation sites excluding steroid dienone is 4. The number of halogens is 1. The summed E-state index contributed by atoms with van der Waals surface area (Å²) in [5.41, 5.74) is -4.05. The molecule has 1 saturated heterocycles. The summed E-state index contributed by atoms with van der Waals surface area (Å²) in [4.78, 5) is 25.5. The largest absolute Gasteiger partial charge is 0.390 e. The van der Waals surface area contributed by atoms with Crippen LogP contribution in [0.3, 0.4) is 0 Å². The SMILES string of the molecule is CC12C=CC(=O)C=C1CCC1[C@@H]3C[C@H]4O[C@@H](c5ccccc5)O[C@@]4(C(=O)CO)C3(C)CC(O)[C@@]12F. The lowest BCUT2D eigenvalue weighted by Gasteiger charge is -2.62. The second-order valence-corrected chi connectivity index (χ2v) is 11.3. The fourth-order valence-electron chi connectivity index (χ4n) is 8.33. The molecule has 6 rings (SSSR count). The third-order valence-electron chi connectivity index (χ3n) is 10.0. The number of ether oxygens (including phenoxy) is 2. The molecule has 1 aromatic carbocycles. The smallest absolute Gasteiger partial charge is 0.193 e. The number of carbonyl (C=O) groups excluding carboxylic acids is 2. The Hall–Kier alpha value is -2.19. The van der Waals surface area contributed by atoms with E-state index in [1.54, 1.807) is 13.0 Å². The lowest BCUT2D eigenvalue weighted by Crippen LogP contribution is -2.69.